The Hall–Kier alpha value is -1.56. The first-order valence-electron chi connectivity index (χ1n) is 7.80. The topological polar surface area (TPSA) is 57.7 Å². The highest BCUT2D eigenvalue weighted by atomic mass is 32.2. The number of sulfonamides is 1. The van der Waals surface area contributed by atoms with Crippen LogP contribution in [0.5, 0.6) is 0 Å². The molecule has 1 aliphatic rings. The third kappa shape index (κ3) is 2.84. The van der Waals surface area contributed by atoms with Crippen molar-refractivity contribution in [1.29, 1.82) is 0 Å². The van der Waals surface area contributed by atoms with E-state index < -0.39 is 10.0 Å². The number of anilines is 1. The van der Waals surface area contributed by atoms with E-state index in [4.69, 9.17) is 0 Å². The first-order chi connectivity index (χ1) is 10.4. The second-order valence-electron chi connectivity index (χ2n) is 5.57. The van der Waals surface area contributed by atoms with Crippen LogP contribution in [0.15, 0.2) is 18.2 Å². The average Bonchev–Trinajstić information content (AvgIpc) is 2.83. The van der Waals surface area contributed by atoms with Gasteiger partial charge in [0.15, 0.2) is 0 Å². The van der Waals surface area contributed by atoms with Crippen LogP contribution >= 0.6 is 0 Å². The molecule has 1 aliphatic heterocycles. The Morgan fingerprint density at radius 3 is 2.45 bits per heavy atom. The van der Waals surface area contributed by atoms with E-state index in [0.29, 0.717) is 30.8 Å². The maximum absolute atomic E-state index is 12.4. The van der Waals surface area contributed by atoms with E-state index in [1.807, 2.05) is 26.8 Å². The molecular formula is C16H24N2O3S. The largest absolute Gasteiger partial charge is 0.339 e. The summed E-state index contributed by atoms with van der Waals surface area (Å²) in [6, 6.07) is 5.25. The Labute approximate surface area is 133 Å². The number of rotatable bonds is 5. The minimum Gasteiger partial charge on any atom is -0.339 e. The summed E-state index contributed by atoms with van der Waals surface area (Å²) >= 11 is 0. The normalized spacial score (nSPS) is 17.5. The number of fused-ring (bicyclic) bond motifs is 1. The monoisotopic (exact) mass is 324 g/mol. The first-order valence-corrected chi connectivity index (χ1v) is 9.40. The lowest BCUT2D eigenvalue weighted by Gasteiger charge is -2.24. The van der Waals surface area contributed by atoms with Crippen molar-refractivity contribution in [2.24, 2.45) is 0 Å². The predicted octanol–water partition coefficient (Wildman–Crippen LogP) is 2.27. The second-order valence-corrected chi connectivity index (χ2v) is 7.71. The molecule has 0 aromatic heterocycles. The molecule has 5 nitrogen and oxygen atoms in total. The van der Waals surface area contributed by atoms with Gasteiger partial charge >= 0.3 is 0 Å². The zero-order chi connectivity index (χ0) is 16.5. The molecule has 0 radical (unpaired) electrons. The molecule has 1 amide bonds. The Morgan fingerprint density at radius 2 is 1.91 bits per heavy atom. The molecular weight excluding hydrogens is 300 g/mol. The van der Waals surface area contributed by atoms with Crippen molar-refractivity contribution >= 4 is 21.6 Å². The molecule has 0 bridgehead atoms. The van der Waals surface area contributed by atoms with Gasteiger partial charge in [-0.3, -0.25) is 9.10 Å². The maximum atomic E-state index is 12.4. The molecule has 0 spiro atoms. The molecule has 0 saturated heterocycles. The van der Waals surface area contributed by atoms with Crippen LogP contribution in [0.2, 0.25) is 0 Å². The van der Waals surface area contributed by atoms with E-state index in [1.165, 1.54) is 4.31 Å². The van der Waals surface area contributed by atoms with Crippen molar-refractivity contribution < 1.29 is 13.2 Å². The van der Waals surface area contributed by atoms with Crippen LogP contribution in [-0.4, -0.2) is 44.1 Å². The lowest BCUT2D eigenvalue weighted by molar-refractivity contribution is 0.0773. The fourth-order valence-electron chi connectivity index (χ4n) is 2.99. The number of hydrogen-bond donors (Lipinski definition) is 0. The standard InChI is InChI=1S/C16H24N2O3S/c1-5-17(6-2)16(19)13-8-9-15-14(11-13)10-12(4)18(15)22(20,21)7-3/h8-9,11-12H,5-7,10H2,1-4H3/t12-/m0/s1. The summed E-state index contributed by atoms with van der Waals surface area (Å²) in [5, 5.41) is 0. The lowest BCUT2D eigenvalue weighted by atomic mass is 10.1. The zero-order valence-electron chi connectivity index (χ0n) is 13.7. The van der Waals surface area contributed by atoms with E-state index >= 15 is 0 Å². The Kier molecular flexibility index (Phi) is 4.80. The number of hydrogen-bond acceptors (Lipinski definition) is 3. The van der Waals surface area contributed by atoms with Crippen molar-refractivity contribution in [2.75, 3.05) is 23.1 Å². The summed E-state index contributed by atoms with van der Waals surface area (Å²) in [6.45, 7) is 8.79. The molecule has 2 rings (SSSR count). The van der Waals surface area contributed by atoms with Crippen molar-refractivity contribution in [2.45, 2.75) is 40.2 Å². The van der Waals surface area contributed by atoms with Crippen LogP contribution in [0.4, 0.5) is 5.69 Å². The predicted molar refractivity (Wildman–Crippen MR) is 88.8 cm³/mol. The van der Waals surface area contributed by atoms with Gasteiger partial charge in [0.1, 0.15) is 0 Å². The zero-order valence-corrected chi connectivity index (χ0v) is 14.5. The SMILES string of the molecule is CCN(CC)C(=O)c1ccc2c(c1)C[C@H](C)N2S(=O)(=O)CC. The van der Waals surface area contributed by atoms with Gasteiger partial charge in [-0.25, -0.2) is 8.42 Å². The molecule has 1 aromatic rings. The van der Waals surface area contributed by atoms with Gasteiger partial charge in [-0.05, 0) is 57.9 Å². The van der Waals surface area contributed by atoms with Gasteiger partial charge < -0.3 is 4.90 Å². The summed E-state index contributed by atoms with van der Waals surface area (Å²) in [5.74, 6) is 0.0777. The second kappa shape index (κ2) is 6.28. The Morgan fingerprint density at radius 1 is 1.27 bits per heavy atom. The van der Waals surface area contributed by atoms with Crippen molar-refractivity contribution in [3.63, 3.8) is 0 Å². The van der Waals surface area contributed by atoms with Crippen molar-refractivity contribution in [3.05, 3.63) is 29.3 Å². The van der Waals surface area contributed by atoms with E-state index in [2.05, 4.69) is 0 Å². The van der Waals surface area contributed by atoms with Crippen LogP contribution in [-0.2, 0) is 16.4 Å². The summed E-state index contributed by atoms with van der Waals surface area (Å²) < 4.78 is 26.0. The molecule has 0 aliphatic carbocycles. The molecule has 0 saturated carbocycles. The van der Waals surface area contributed by atoms with Crippen LogP contribution in [0.25, 0.3) is 0 Å². The van der Waals surface area contributed by atoms with Crippen molar-refractivity contribution in [3.8, 4) is 0 Å². The summed E-state index contributed by atoms with van der Waals surface area (Å²) in [5.41, 5.74) is 2.28. The first kappa shape index (κ1) is 16.8. The third-order valence-corrected chi connectivity index (χ3v) is 6.08. The van der Waals surface area contributed by atoms with E-state index in [0.717, 1.165) is 5.56 Å². The van der Waals surface area contributed by atoms with E-state index in [9.17, 15) is 13.2 Å². The quantitative estimate of drug-likeness (QED) is 0.835. The van der Waals surface area contributed by atoms with Gasteiger partial charge in [0.25, 0.3) is 5.91 Å². The van der Waals surface area contributed by atoms with Crippen molar-refractivity contribution in [1.82, 2.24) is 4.90 Å². The molecule has 0 unspecified atom stereocenters. The summed E-state index contributed by atoms with van der Waals surface area (Å²) in [7, 11) is -3.28. The third-order valence-electron chi connectivity index (χ3n) is 4.19. The Bertz CT molecular complexity index is 666. The highest BCUT2D eigenvalue weighted by molar-refractivity contribution is 7.92. The fraction of sp³-hybridized carbons (Fsp3) is 0.562. The van der Waals surface area contributed by atoms with Gasteiger partial charge in [-0.1, -0.05) is 0 Å². The summed E-state index contributed by atoms with van der Waals surface area (Å²) in [4.78, 5) is 14.2. The van der Waals surface area contributed by atoms with E-state index in [1.54, 1.807) is 24.0 Å². The smallest absolute Gasteiger partial charge is 0.253 e. The molecule has 0 N–H and O–H groups in total. The molecule has 122 valence electrons. The number of benzene rings is 1. The van der Waals surface area contributed by atoms with Gasteiger partial charge in [0, 0.05) is 24.7 Å². The van der Waals surface area contributed by atoms with Gasteiger partial charge in [-0.2, -0.15) is 0 Å². The molecule has 0 fully saturated rings. The summed E-state index contributed by atoms with van der Waals surface area (Å²) in [6.07, 6.45) is 0.647. The molecule has 1 heterocycles. The van der Waals surface area contributed by atoms with E-state index in [-0.39, 0.29) is 17.7 Å². The number of amides is 1. The fourth-order valence-corrected chi connectivity index (χ4v) is 4.37. The Balaban J connectivity index is 2.39. The van der Waals surface area contributed by atoms with Crippen LogP contribution in [0.3, 0.4) is 0 Å². The highest BCUT2D eigenvalue weighted by Crippen LogP contribution is 2.35. The molecule has 22 heavy (non-hydrogen) atoms. The number of nitrogens with zero attached hydrogens (tertiary/aromatic N) is 2. The van der Waals surface area contributed by atoms with Crippen LogP contribution < -0.4 is 4.31 Å². The number of carbonyl (C=O) groups is 1. The number of carbonyl (C=O) groups excluding carboxylic acids is 1. The maximum Gasteiger partial charge on any atom is 0.253 e. The molecule has 1 atom stereocenters. The minimum atomic E-state index is -3.28. The highest BCUT2D eigenvalue weighted by Gasteiger charge is 2.34. The van der Waals surface area contributed by atoms with Crippen LogP contribution in [0, 0.1) is 0 Å². The minimum absolute atomic E-state index is 0.00254. The van der Waals surface area contributed by atoms with Crippen LogP contribution in [0.1, 0.15) is 43.6 Å². The molecule has 1 aromatic carbocycles. The average molecular weight is 324 g/mol. The van der Waals surface area contributed by atoms with Gasteiger partial charge in [0.2, 0.25) is 10.0 Å². The van der Waals surface area contributed by atoms with Gasteiger partial charge in [-0.15, -0.1) is 0 Å². The molecule has 6 heteroatoms. The lowest BCUT2D eigenvalue weighted by Crippen LogP contribution is -2.36. The van der Waals surface area contributed by atoms with Gasteiger partial charge in [0.05, 0.1) is 11.4 Å².